The van der Waals surface area contributed by atoms with Gasteiger partial charge in [-0.2, -0.15) is 0 Å². The van der Waals surface area contributed by atoms with E-state index in [1.807, 2.05) is 25.1 Å². The van der Waals surface area contributed by atoms with Crippen molar-refractivity contribution in [2.45, 2.75) is 38.6 Å². The molecule has 1 aromatic carbocycles. The molecule has 2 saturated carbocycles. The molecule has 0 radical (unpaired) electrons. The van der Waals surface area contributed by atoms with Gasteiger partial charge in [-0.3, -0.25) is 4.79 Å². The summed E-state index contributed by atoms with van der Waals surface area (Å²) in [7, 11) is 1.64. The molecule has 0 heterocycles. The molecule has 2 N–H and O–H groups in total. The van der Waals surface area contributed by atoms with Gasteiger partial charge in [0.1, 0.15) is 5.75 Å². The number of carbonyl (C=O) groups excluding carboxylic acids is 1. The van der Waals surface area contributed by atoms with Crippen LogP contribution in [0.1, 0.15) is 31.2 Å². The summed E-state index contributed by atoms with van der Waals surface area (Å²) in [6.45, 7) is 2.33. The fourth-order valence-corrected chi connectivity index (χ4v) is 2.90. The minimum atomic E-state index is 0.0855. The number of benzene rings is 1. The highest BCUT2D eigenvalue weighted by Gasteiger charge is 2.42. The fraction of sp³-hybridized carbons (Fsp3) is 0.588. The van der Waals surface area contributed by atoms with Crippen LogP contribution in [0.3, 0.4) is 0 Å². The molecule has 0 spiro atoms. The number of amides is 1. The Morgan fingerprint density at radius 3 is 2.52 bits per heavy atom. The van der Waals surface area contributed by atoms with Crippen molar-refractivity contribution in [3.05, 3.63) is 23.8 Å². The summed E-state index contributed by atoms with van der Waals surface area (Å²) in [6.07, 6.45) is 5.11. The van der Waals surface area contributed by atoms with E-state index in [1.165, 1.54) is 25.7 Å². The van der Waals surface area contributed by atoms with Crippen molar-refractivity contribution in [2.75, 3.05) is 19.0 Å². The standard InChI is InChI=1S/C17H24N2O2/c1-11-3-8-15(21-2)14(9-11)18-10-16(20)19-17(12-4-5-12)13-6-7-13/h3,8-9,12-13,17-18H,4-7,10H2,1-2H3,(H,19,20). The monoisotopic (exact) mass is 288 g/mol. The van der Waals surface area contributed by atoms with E-state index in [9.17, 15) is 4.79 Å². The predicted octanol–water partition coefficient (Wildman–Crippen LogP) is 2.72. The smallest absolute Gasteiger partial charge is 0.239 e. The molecule has 21 heavy (non-hydrogen) atoms. The first-order valence-corrected chi connectivity index (χ1v) is 7.85. The molecule has 2 aliphatic rings. The average molecular weight is 288 g/mol. The second-order valence-electron chi connectivity index (χ2n) is 6.33. The number of nitrogens with one attached hydrogen (secondary N) is 2. The van der Waals surface area contributed by atoms with Crippen LogP contribution in [0.4, 0.5) is 5.69 Å². The first-order chi connectivity index (χ1) is 10.2. The number of anilines is 1. The summed E-state index contributed by atoms with van der Waals surface area (Å²) in [4.78, 5) is 12.2. The van der Waals surface area contributed by atoms with Gasteiger partial charge in [-0.25, -0.2) is 0 Å². The maximum Gasteiger partial charge on any atom is 0.239 e. The summed E-state index contributed by atoms with van der Waals surface area (Å²) in [5, 5.41) is 6.41. The van der Waals surface area contributed by atoms with Gasteiger partial charge < -0.3 is 15.4 Å². The summed E-state index contributed by atoms with van der Waals surface area (Å²) >= 11 is 0. The van der Waals surface area contributed by atoms with E-state index in [0.717, 1.165) is 28.8 Å². The lowest BCUT2D eigenvalue weighted by Crippen LogP contribution is -2.41. The maximum atomic E-state index is 12.2. The van der Waals surface area contributed by atoms with Crippen molar-refractivity contribution in [2.24, 2.45) is 11.8 Å². The van der Waals surface area contributed by atoms with E-state index in [1.54, 1.807) is 7.11 Å². The second-order valence-corrected chi connectivity index (χ2v) is 6.33. The van der Waals surface area contributed by atoms with Crippen LogP contribution in [0.15, 0.2) is 18.2 Å². The SMILES string of the molecule is COc1ccc(C)cc1NCC(=O)NC(C1CC1)C1CC1. The zero-order chi connectivity index (χ0) is 14.8. The van der Waals surface area contributed by atoms with Gasteiger partial charge in [0.2, 0.25) is 5.91 Å². The maximum absolute atomic E-state index is 12.2. The Bertz CT molecular complexity index is 510. The molecule has 4 heteroatoms. The van der Waals surface area contributed by atoms with Crippen LogP contribution in [0, 0.1) is 18.8 Å². The van der Waals surface area contributed by atoms with Crippen LogP contribution >= 0.6 is 0 Å². The van der Waals surface area contributed by atoms with Crippen LogP contribution < -0.4 is 15.4 Å². The molecule has 3 rings (SSSR count). The number of methoxy groups -OCH3 is 1. The third-order valence-corrected chi connectivity index (χ3v) is 4.38. The minimum absolute atomic E-state index is 0.0855. The van der Waals surface area contributed by atoms with E-state index in [-0.39, 0.29) is 5.91 Å². The Morgan fingerprint density at radius 2 is 1.95 bits per heavy atom. The lowest BCUT2D eigenvalue weighted by atomic mass is 10.1. The molecule has 0 aliphatic heterocycles. The van der Waals surface area contributed by atoms with Crippen LogP contribution in [-0.2, 0) is 4.79 Å². The highest BCUT2D eigenvalue weighted by Crippen LogP contribution is 2.44. The second kappa shape index (κ2) is 5.96. The molecular formula is C17H24N2O2. The summed E-state index contributed by atoms with van der Waals surface area (Å²) in [5.41, 5.74) is 2.02. The summed E-state index contributed by atoms with van der Waals surface area (Å²) in [5.74, 6) is 2.32. The van der Waals surface area contributed by atoms with Gasteiger partial charge in [0.25, 0.3) is 0 Å². The molecule has 0 saturated heterocycles. The predicted molar refractivity (Wildman–Crippen MR) is 83.6 cm³/mol. The molecule has 4 nitrogen and oxygen atoms in total. The Balaban J connectivity index is 1.54. The molecule has 0 aromatic heterocycles. The molecule has 114 valence electrons. The first-order valence-electron chi connectivity index (χ1n) is 7.85. The lowest BCUT2D eigenvalue weighted by Gasteiger charge is -2.18. The number of carbonyl (C=O) groups is 1. The average Bonchev–Trinajstić information content (AvgIpc) is 3.36. The fourth-order valence-electron chi connectivity index (χ4n) is 2.90. The molecular weight excluding hydrogens is 264 g/mol. The molecule has 2 fully saturated rings. The summed E-state index contributed by atoms with van der Waals surface area (Å²) in [6, 6.07) is 6.34. The van der Waals surface area contributed by atoms with Crippen molar-refractivity contribution >= 4 is 11.6 Å². The van der Waals surface area contributed by atoms with Gasteiger partial charge in [0, 0.05) is 6.04 Å². The van der Waals surface area contributed by atoms with Gasteiger partial charge in [-0.1, -0.05) is 6.07 Å². The zero-order valence-corrected chi connectivity index (χ0v) is 12.8. The van der Waals surface area contributed by atoms with Crippen molar-refractivity contribution in [1.82, 2.24) is 5.32 Å². The Kier molecular flexibility index (Phi) is 4.04. The van der Waals surface area contributed by atoms with Crippen molar-refractivity contribution in [3.8, 4) is 5.75 Å². The number of hydrogen-bond acceptors (Lipinski definition) is 3. The summed E-state index contributed by atoms with van der Waals surface area (Å²) < 4.78 is 5.32. The molecule has 1 aromatic rings. The Morgan fingerprint density at radius 1 is 1.29 bits per heavy atom. The van der Waals surface area contributed by atoms with Crippen molar-refractivity contribution < 1.29 is 9.53 Å². The molecule has 0 atom stereocenters. The lowest BCUT2D eigenvalue weighted by molar-refractivity contribution is -0.120. The minimum Gasteiger partial charge on any atom is -0.495 e. The van der Waals surface area contributed by atoms with Gasteiger partial charge in [-0.05, 0) is 62.1 Å². The van der Waals surface area contributed by atoms with Crippen molar-refractivity contribution in [1.29, 1.82) is 0 Å². The first kappa shape index (κ1) is 14.2. The molecule has 2 aliphatic carbocycles. The Hall–Kier alpha value is -1.71. The third-order valence-electron chi connectivity index (χ3n) is 4.38. The van der Waals surface area contributed by atoms with Gasteiger partial charge in [-0.15, -0.1) is 0 Å². The van der Waals surface area contributed by atoms with E-state index in [0.29, 0.717) is 12.6 Å². The highest BCUT2D eigenvalue weighted by atomic mass is 16.5. The van der Waals surface area contributed by atoms with Crippen LogP contribution in [-0.4, -0.2) is 25.6 Å². The van der Waals surface area contributed by atoms with Crippen LogP contribution in [0.2, 0.25) is 0 Å². The van der Waals surface area contributed by atoms with Gasteiger partial charge in [0.15, 0.2) is 0 Å². The van der Waals surface area contributed by atoms with Crippen molar-refractivity contribution in [3.63, 3.8) is 0 Å². The third kappa shape index (κ3) is 3.69. The van der Waals surface area contributed by atoms with E-state index >= 15 is 0 Å². The van der Waals surface area contributed by atoms with E-state index in [4.69, 9.17) is 4.74 Å². The van der Waals surface area contributed by atoms with Gasteiger partial charge >= 0.3 is 0 Å². The van der Waals surface area contributed by atoms with E-state index < -0.39 is 0 Å². The molecule has 0 bridgehead atoms. The largest absolute Gasteiger partial charge is 0.495 e. The number of hydrogen-bond donors (Lipinski definition) is 2. The number of ether oxygens (including phenoxy) is 1. The Labute approximate surface area is 126 Å². The molecule has 0 unspecified atom stereocenters. The molecule has 1 amide bonds. The topological polar surface area (TPSA) is 50.4 Å². The zero-order valence-electron chi connectivity index (χ0n) is 12.8. The van der Waals surface area contributed by atoms with E-state index in [2.05, 4.69) is 10.6 Å². The normalized spacial score (nSPS) is 17.7. The van der Waals surface area contributed by atoms with Crippen LogP contribution in [0.25, 0.3) is 0 Å². The van der Waals surface area contributed by atoms with Crippen LogP contribution in [0.5, 0.6) is 5.75 Å². The number of rotatable bonds is 7. The quantitative estimate of drug-likeness (QED) is 0.811. The highest BCUT2D eigenvalue weighted by molar-refractivity contribution is 5.81. The number of aryl methyl sites for hydroxylation is 1. The van der Waals surface area contributed by atoms with Gasteiger partial charge in [0.05, 0.1) is 19.3 Å².